The van der Waals surface area contributed by atoms with E-state index in [-0.39, 0.29) is 11.9 Å². The van der Waals surface area contributed by atoms with E-state index in [1.165, 1.54) is 5.56 Å². The molecule has 6 nitrogen and oxygen atoms in total. The Morgan fingerprint density at radius 3 is 2.92 bits per heavy atom. The number of aromatic nitrogens is 2. The third-order valence-corrected chi connectivity index (χ3v) is 4.58. The first-order valence-corrected chi connectivity index (χ1v) is 8.78. The van der Waals surface area contributed by atoms with Gasteiger partial charge in [0.25, 0.3) is 0 Å². The summed E-state index contributed by atoms with van der Waals surface area (Å²) >= 11 is 0. The summed E-state index contributed by atoms with van der Waals surface area (Å²) in [5.74, 6) is 0.0738. The van der Waals surface area contributed by atoms with Gasteiger partial charge in [-0.25, -0.2) is 4.98 Å². The van der Waals surface area contributed by atoms with Gasteiger partial charge in [-0.05, 0) is 18.9 Å². The van der Waals surface area contributed by atoms with Gasteiger partial charge in [0.1, 0.15) is 6.04 Å². The first kappa shape index (κ1) is 17.6. The number of carbonyl (C=O) groups is 1. The van der Waals surface area contributed by atoms with Gasteiger partial charge in [0.2, 0.25) is 5.91 Å². The molecule has 2 heterocycles. The molecular formula is C19H26N4O2. The Morgan fingerprint density at radius 2 is 2.16 bits per heavy atom. The average molecular weight is 342 g/mol. The van der Waals surface area contributed by atoms with Crippen molar-refractivity contribution < 1.29 is 9.53 Å². The fraction of sp³-hybridized carbons (Fsp3) is 0.474. The van der Waals surface area contributed by atoms with Gasteiger partial charge in [-0.15, -0.1) is 0 Å². The molecule has 1 aliphatic rings. The molecule has 2 aromatic rings. The van der Waals surface area contributed by atoms with Gasteiger partial charge in [-0.3, -0.25) is 4.79 Å². The molecule has 0 spiro atoms. The van der Waals surface area contributed by atoms with Gasteiger partial charge in [-0.2, -0.15) is 0 Å². The number of H-pyrrole nitrogens is 1. The van der Waals surface area contributed by atoms with Crippen LogP contribution in [0.5, 0.6) is 0 Å². The van der Waals surface area contributed by atoms with E-state index in [2.05, 4.69) is 46.5 Å². The molecule has 1 aliphatic heterocycles. The number of imidazole rings is 1. The molecule has 0 fully saturated rings. The van der Waals surface area contributed by atoms with Gasteiger partial charge in [0.15, 0.2) is 0 Å². The number of aromatic amines is 1. The van der Waals surface area contributed by atoms with E-state index < -0.39 is 0 Å². The lowest BCUT2D eigenvalue weighted by molar-refractivity contribution is -0.134. The number of carbonyl (C=O) groups excluding carboxylic acids is 1. The molecule has 0 radical (unpaired) electrons. The van der Waals surface area contributed by atoms with Crippen LogP contribution in [0.1, 0.15) is 35.0 Å². The third-order valence-electron chi connectivity index (χ3n) is 4.58. The van der Waals surface area contributed by atoms with Crippen LogP contribution in [-0.2, 0) is 22.5 Å². The molecule has 1 aromatic carbocycles. The molecule has 1 amide bonds. The molecule has 0 unspecified atom stereocenters. The number of hydrogen-bond acceptors (Lipinski definition) is 4. The summed E-state index contributed by atoms with van der Waals surface area (Å²) < 4.78 is 5.16. The monoisotopic (exact) mass is 342 g/mol. The van der Waals surface area contributed by atoms with Crippen molar-refractivity contribution in [3.8, 4) is 0 Å². The molecule has 0 bridgehead atoms. The summed E-state index contributed by atoms with van der Waals surface area (Å²) in [6.07, 6.45) is 3.36. The maximum absolute atomic E-state index is 13.2. The van der Waals surface area contributed by atoms with Crippen LogP contribution in [0.4, 0.5) is 0 Å². The highest BCUT2D eigenvalue weighted by Gasteiger charge is 2.31. The molecule has 25 heavy (non-hydrogen) atoms. The smallest absolute Gasteiger partial charge is 0.246 e. The van der Waals surface area contributed by atoms with Crippen LogP contribution in [0.3, 0.4) is 0 Å². The van der Waals surface area contributed by atoms with Crippen LogP contribution < -0.4 is 5.32 Å². The number of amides is 1. The molecular weight excluding hydrogens is 316 g/mol. The van der Waals surface area contributed by atoms with Crippen LogP contribution in [0, 0.1) is 6.92 Å². The number of fused-ring (bicyclic) bond motifs is 1. The van der Waals surface area contributed by atoms with E-state index >= 15 is 0 Å². The van der Waals surface area contributed by atoms with E-state index in [0.29, 0.717) is 19.7 Å². The highest BCUT2D eigenvalue weighted by molar-refractivity contribution is 5.83. The summed E-state index contributed by atoms with van der Waals surface area (Å²) in [6, 6.07) is 7.96. The van der Waals surface area contributed by atoms with Crippen molar-refractivity contribution in [2.75, 3.05) is 26.8 Å². The van der Waals surface area contributed by atoms with E-state index in [9.17, 15) is 4.79 Å². The summed E-state index contributed by atoms with van der Waals surface area (Å²) in [6.45, 7) is 4.75. The number of ether oxygens (including phenoxy) is 1. The quantitative estimate of drug-likeness (QED) is 0.755. The normalized spacial score (nSPS) is 16.5. The second-order valence-corrected chi connectivity index (χ2v) is 6.50. The van der Waals surface area contributed by atoms with Crippen molar-refractivity contribution in [2.45, 2.75) is 32.4 Å². The van der Waals surface area contributed by atoms with Gasteiger partial charge < -0.3 is 19.9 Å². The molecule has 2 N–H and O–H groups in total. The second kappa shape index (κ2) is 8.27. The van der Waals surface area contributed by atoms with Gasteiger partial charge >= 0.3 is 0 Å². The lowest BCUT2D eigenvalue weighted by Crippen LogP contribution is -2.44. The molecule has 0 saturated carbocycles. The SMILES string of the molecule is COCCCN(Cc1ccc(C)cc1)C(=O)[C@@H]1NCCc2[nH]cnc21. The number of benzene rings is 1. The standard InChI is InChI=1S/C19H26N4O2/c1-14-4-6-15(7-5-14)12-23(10-3-11-25-2)19(24)18-17-16(8-9-20-18)21-13-22-17/h4-7,13,18,20H,3,8-12H2,1-2H3,(H,21,22)/t18-/m1/s1. The van der Waals surface area contributed by atoms with Gasteiger partial charge in [0.05, 0.1) is 12.0 Å². The fourth-order valence-corrected chi connectivity index (χ4v) is 3.19. The third kappa shape index (κ3) is 4.27. The maximum Gasteiger partial charge on any atom is 0.246 e. The predicted octanol–water partition coefficient (Wildman–Crippen LogP) is 1.97. The predicted molar refractivity (Wildman–Crippen MR) is 96.1 cm³/mol. The lowest BCUT2D eigenvalue weighted by atomic mass is 10.0. The Hall–Kier alpha value is -2.18. The topological polar surface area (TPSA) is 70.2 Å². The molecule has 6 heteroatoms. The first-order chi connectivity index (χ1) is 12.2. The zero-order valence-electron chi connectivity index (χ0n) is 14.9. The van der Waals surface area contributed by atoms with Crippen LogP contribution in [0.15, 0.2) is 30.6 Å². The number of nitrogens with zero attached hydrogens (tertiary/aromatic N) is 2. The van der Waals surface area contributed by atoms with Crippen LogP contribution >= 0.6 is 0 Å². The molecule has 0 aliphatic carbocycles. The van der Waals surface area contributed by atoms with Crippen molar-refractivity contribution in [2.24, 2.45) is 0 Å². The minimum absolute atomic E-state index is 0.0738. The fourth-order valence-electron chi connectivity index (χ4n) is 3.19. The van der Waals surface area contributed by atoms with Gasteiger partial charge in [-0.1, -0.05) is 29.8 Å². The number of methoxy groups -OCH3 is 1. The van der Waals surface area contributed by atoms with Crippen molar-refractivity contribution in [1.82, 2.24) is 20.2 Å². The number of aryl methyl sites for hydroxylation is 1. The Bertz CT molecular complexity index is 696. The minimum atomic E-state index is -0.372. The number of nitrogens with one attached hydrogen (secondary N) is 2. The van der Waals surface area contributed by atoms with Crippen molar-refractivity contribution in [3.05, 3.63) is 53.1 Å². The van der Waals surface area contributed by atoms with E-state index in [1.54, 1.807) is 13.4 Å². The van der Waals surface area contributed by atoms with E-state index in [4.69, 9.17) is 4.74 Å². The molecule has 0 saturated heterocycles. The number of hydrogen-bond donors (Lipinski definition) is 2. The summed E-state index contributed by atoms with van der Waals surface area (Å²) in [7, 11) is 1.69. The van der Waals surface area contributed by atoms with Crippen LogP contribution in [-0.4, -0.2) is 47.6 Å². The summed E-state index contributed by atoms with van der Waals surface area (Å²) in [5.41, 5.74) is 4.24. The lowest BCUT2D eigenvalue weighted by Gasteiger charge is -2.30. The van der Waals surface area contributed by atoms with Crippen molar-refractivity contribution in [1.29, 1.82) is 0 Å². The van der Waals surface area contributed by atoms with Crippen molar-refractivity contribution in [3.63, 3.8) is 0 Å². The molecule has 1 aromatic heterocycles. The van der Waals surface area contributed by atoms with Crippen molar-refractivity contribution >= 4 is 5.91 Å². The molecule has 1 atom stereocenters. The molecule has 134 valence electrons. The Kier molecular flexibility index (Phi) is 5.83. The number of rotatable bonds is 7. The zero-order chi connectivity index (χ0) is 17.6. The first-order valence-electron chi connectivity index (χ1n) is 8.78. The molecule has 3 rings (SSSR count). The Labute approximate surface area is 148 Å². The highest BCUT2D eigenvalue weighted by Crippen LogP contribution is 2.22. The Morgan fingerprint density at radius 1 is 1.36 bits per heavy atom. The highest BCUT2D eigenvalue weighted by atomic mass is 16.5. The Balaban J connectivity index is 1.76. The average Bonchev–Trinajstić information content (AvgIpc) is 3.11. The summed E-state index contributed by atoms with van der Waals surface area (Å²) in [4.78, 5) is 22.6. The second-order valence-electron chi connectivity index (χ2n) is 6.50. The minimum Gasteiger partial charge on any atom is -0.385 e. The van der Waals surface area contributed by atoms with Crippen LogP contribution in [0.25, 0.3) is 0 Å². The zero-order valence-corrected chi connectivity index (χ0v) is 14.9. The largest absolute Gasteiger partial charge is 0.385 e. The van der Waals surface area contributed by atoms with E-state index in [1.807, 2.05) is 4.90 Å². The van der Waals surface area contributed by atoms with E-state index in [0.717, 1.165) is 36.3 Å². The van der Waals surface area contributed by atoms with Crippen LogP contribution in [0.2, 0.25) is 0 Å². The van der Waals surface area contributed by atoms with Gasteiger partial charge in [0, 0.05) is 45.5 Å². The maximum atomic E-state index is 13.2. The summed E-state index contributed by atoms with van der Waals surface area (Å²) in [5, 5.41) is 3.32.